The quantitative estimate of drug-likeness (QED) is 0.724. The van der Waals surface area contributed by atoms with Crippen LogP contribution >= 0.6 is 11.6 Å². The number of para-hydroxylation sites is 1. The number of sulfonamides is 1. The van der Waals surface area contributed by atoms with Crippen molar-refractivity contribution in [3.8, 4) is 0 Å². The molecule has 9 heteroatoms. The minimum absolute atomic E-state index is 0.148. The summed E-state index contributed by atoms with van der Waals surface area (Å²) in [7, 11) is -3.62. The van der Waals surface area contributed by atoms with Gasteiger partial charge in [-0.05, 0) is 56.2 Å². The third-order valence-electron chi connectivity index (χ3n) is 5.03. The first-order chi connectivity index (χ1) is 13.8. The number of piperidine rings is 1. The van der Waals surface area contributed by atoms with E-state index in [0.717, 1.165) is 0 Å². The molecule has 0 saturated carbocycles. The Balaban J connectivity index is 1.53. The van der Waals surface area contributed by atoms with E-state index in [0.29, 0.717) is 31.0 Å². The number of benzene rings is 2. The maximum atomic E-state index is 13.7. The maximum Gasteiger partial charge on any atom is 0.241 e. The van der Waals surface area contributed by atoms with E-state index >= 15 is 0 Å². The van der Waals surface area contributed by atoms with Crippen LogP contribution in [-0.2, 0) is 14.8 Å². The number of carbonyl (C=O) groups is 1. The molecule has 1 amide bonds. The van der Waals surface area contributed by atoms with Crippen LogP contribution in [0.15, 0.2) is 53.4 Å². The molecule has 0 aromatic heterocycles. The van der Waals surface area contributed by atoms with Crippen molar-refractivity contribution >= 4 is 33.2 Å². The lowest BCUT2D eigenvalue weighted by molar-refractivity contribution is -0.121. The predicted molar refractivity (Wildman–Crippen MR) is 111 cm³/mol. The van der Waals surface area contributed by atoms with Gasteiger partial charge in [-0.15, -0.1) is 0 Å². The Morgan fingerprint density at radius 1 is 1.14 bits per heavy atom. The molecule has 1 aliphatic heterocycles. The highest BCUT2D eigenvalue weighted by molar-refractivity contribution is 7.89. The second-order valence-corrected chi connectivity index (χ2v) is 9.18. The zero-order valence-electron chi connectivity index (χ0n) is 15.9. The fourth-order valence-corrected chi connectivity index (χ4v) is 4.70. The summed E-state index contributed by atoms with van der Waals surface area (Å²) in [5.41, 5.74) is 0.148. The Hall–Kier alpha value is -2.00. The maximum absolute atomic E-state index is 13.7. The van der Waals surface area contributed by atoms with Crippen molar-refractivity contribution in [3.05, 3.63) is 59.4 Å². The van der Waals surface area contributed by atoms with Gasteiger partial charge in [0.05, 0.1) is 16.6 Å². The molecule has 1 fully saturated rings. The molecule has 156 valence electrons. The molecule has 3 rings (SSSR count). The fourth-order valence-electron chi connectivity index (χ4n) is 3.27. The van der Waals surface area contributed by atoms with Crippen LogP contribution in [-0.4, -0.2) is 44.4 Å². The molecule has 1 saturated heterocycles. The van der Waals surface area contributed by atoms with Crippen molar-refractivity contribution in [2.45, 2.75) is 36.7 Å². The Labute approximate surface area is 175 Å². The average molecular weight is 440 g/mol. The summed E-state index contributed by atoms with van der Waals surface area (Å²) in [6.07, 6.45) is 1.15. The lowest BCUT2D eigenvalue weighted by Gasteiger charge is -2.35. The van der Waals surface area contributed by atoms with Crippen molar-refractivity contribution in [3.63, 3.8) is 0 Å². The highest BCUT2D eigenvalue weighted by atomic mass is 35.5. The van der Waals surface area contributed by atoms with E-state index in [9.17, 15) is 17.6 Å². The van der Waals surface area contributed by atoms with Crippen LogP contribution in [0.4, 0.5) is 10.1 Å². The van der Waals surface area contributed by atoms with Crippen molar-refractivity contribution in [2.75, 3.05) is 18.4 Å². The number of nitrogens with zero attached hydrogens (tertiary/aromatic N) is 1. The molecular formula is C20H23ClFN3O3S. The van der Waals surface area contributed by atoms with Crippen LogP contribution in [0.25, 0.3) is 0 Å². The van der Waals surface area contributed by atoms with Crippen molar-refractivity contribution in [1.29, 1.82) is 0 Å². The summed E-state index contributed by atoms with van der Waals surface area (Å²) < 4.78 is 41.5. The van der Waals surface area contributed by atoms with Gasteiger partial charge >= 0.3 is 0 Å². The first-order valence-corrected chi connectivity index (χ1v) is 11.2. The van der Waals surface area contributed by atoms with Crippen LogP contribution in [0, 0.1) is 5.82 Å². The summed E-state index contributed by atoms with van der Waals surface area (Å²) in [6.45, 7) is 2.87. The van der Waals surface area contributed by atoms with E-state index in [1.54, 1.807) is 19.1 Å². The average Bonchev–Trinajstić information content (AvgIpc) is 2.70. The molecular weight excluding hydrogens is 417 g/mol. The molecule has 2 N–H and O–H groups in total. The number of anilines is 1. The second kappa shape index (κ2) is 9.21. The molecule has 6 nitrogen and oxygen atoms in total. The number of hydrogen-bond donors (Lipinski definition) is 2. The molecule has 0 bridgehead atoms. The van der Waals surface area contributed by atoms with Gasteiger partial charge in [0.1, 0.15) is 5.82 Å². The zero-order chi connectivity index (χ0) is 21.0. The highest BCUT2D eigenvalue weighted by Gasteiger charge is 2.29. The lowest BCUT2D eigenvalue weighted by Crippen LogP contribution is -2.50. The number of rotatable bonds is 6. The van der Waals surface area contributed by atoms with E-state index in [4.69, 9.17) is 11.6 Å². The fraction of sp³-hybridized carbons (Fsp3) is 0.350. The number of halogens is 2. The molecule has 0 radical (unpaired) electrons. The number of amides is 1. The summed E-state index contributed by atoms with van der Waals surface area (Å²) in [5.74, 6) is -0.779. The minimum atomic E-state index is -3.62. The largest absolute Gasteiger partial charge is 0.322 e. The molecule has 2 aromatic carbocycles. The summed E-state index contributed by atoms with van der Waals surface area (Å²) in [4.78, 5) is 14.6. The van der Waals surface area contributed by atoms with Crippen LogP contribution in [0.1, 0.15) is 19.8 Å². The van der Waals surface area contributed by atoms with Gasteiger partial charge in [-0.1, -0.05) is 23.7 Å². The molecule has 0 spiro atoms. The topological polar surface area (TPSA) is 78.5 Å². The first kappa shape index (κ1) is 21.7. The van der Waals surface area contributed by atoms with E-state index in [1.165, 1.54) is 36.4 Å². The van der Waals surface area contributed by atoms with Crippen LogP contribution in [0.5, 0.6) is 0 Å². The van der Waals surface area contributed by atoms with Crippen molar-refractivity contribution < 1.29 is 17.6 Å². The smallest absolute Gasteiger partial charge is 0.241 e. The Bertz CT molecular complexity index is 961. The number of likely N-dealkylation sites (tertiary alicyclic amines) is 1. The zero-order valence-corrected chi connectivity index (χ0v) is 17.5. The first-order valence-electron chi connectivity index (χ1n) is 9.33. The van der Waals surface area contributed by atoms with Gasteiger partial charge in [-0.2, -0.15) is 0 Å². The third kappa shape index (κ3) is 5.54. The summed E-state index contributed by atoms with van der Waals surface area (Å²) in [6, 6.07) is 11.4. The minimum Gasteiger partial charge on any atom is -0.322 e. The van der Waals surface area contributed by atoms with Gasteiger partial charge in [0, 0.05) is 24.2 Å². The second-order valence-electron chi connectivity index (χ2n) is 7.03. The normalized spacial score (nSPS) is 17.1. The monoisotopic (exact) mass is 439 g/mol. The molecule has 1 aliphatic rings. The number of hydrogen-bond acceptors (Lipinski definition) is 4. The van der Waals surface area contributed by atoms with Crippen LogP contribution in [0.3, 0.4) is 0 Å². The number of carbonyl (C=O) groups excluding carboxylic acids is 1. The van der Waals surface area contributed by atoms with Gasteiger partial charge in [-0.25, -0.2) is 17.5 Å². The van der Waals surface area contributed by atoms with Crippen molar-refractivity contribution in [1.82, 2.24) is 9.62 Å². The molecule has 0 aliphatic carbocycles. The third-order valence-corrected chi connectivity index (χ3v) is 6.82. The summed E-state index contributed by atoms with van der Waals surface area (Å²) in [5, 5.41) is 3.08. The van der Waals surface area contributed by atoms with Crippen LogP contribution < -0.4 is 10.0 Å². The molecule has 1 atom stereocenters. The van der Waals surface area contributed by atoms with Gasteiger partial charge in [-0.3, -0.25) is 9.69 Å². The van der Waals surface area contributed by atoms with Crippen LogP contribution in [0.2, 0.25) is 5.02 Å². The Morgan fingerprint density at radius 2 is 1.76 bits per heavy atom. The van der Waals surface area contributed by atoms with E-state index in [-0.39, 0.29) is 22.5 Å². The van der Waals surface area contributed by atoms with Gasteiger partial charge in [0.15, 0.2) is 0 Å². The number of nitrogens with one attached hydrogen (secondary N) is 2. The summed E-state index contributed by atoms with van der Waals surface area (Å²) >= 11 is 5.81. The Kier molecular flexibility index (Phi) is 6.89. The lowest BCUT2D eigenvalue weighted by atomic mass is 10.0. The molecule has 1 unspecified atom stereocenters. The standard InChI is InChI=1S/C20H23ClFN3O3S/c1-14(20(26)23-19-5-3-2-4-18(19)22)25-12-10-16(11-13-25)24-29(27,28)17-8-6-15(21)7-9-17/h2-9,14,16,24H,10-13H2,1H3,(H,23,26). The van der Waals surface area contributed by atoms with E-state index in [2.05, 4.69) is 10.0 Å². The van der Waals surface area contributed by atoms with Crippen molar-refractivity contribution in [2.24, 2.45) is 0 Å². The SMILES string of the molecule is CC(C(=O)Nc1ccccc1F)N1CCC(NS(=O)(=O)c2ccc(Cl)cc2)CC1. The molecule has 2 aromatic rings. The molecule has 1 heterocycles. The van der Waals surface area contributed by atoms with E-state index in [1.807, 2.05) is 4.90 Å². The van der Waals surface area contributed by atoms with Gasteiger partial charge in [0.2, 0.25) is 15.9 Å². The molecule has 29 heavy (non-hydrogen) atoms. The Morgan fingerprint density at radius 3 is 2.38 bits per heavy atom. The van der Waals surface area contributed by atoms with Gasteiger partial charge < -0.3 is 5.32 Å². The highest BCUT2D eigenvalue weighted by Crippen LogP contribution is 2.19. The van der Waals surface area contributed by atoms with Gasteiger partial charge in [0.25, 0.3) is 0 Å². The predicted octanol–water partition coefficient (Wildman–Crippen LogP) is 3.25. The van der Waals surface area contributed by atoms with E-state index < -0.39 is 21.9 Å².